The summed E-state index contributed by atoms with van der Waals surface area (Å²) in [5, 5.41) is 4.28. The fraction of sp³-hybridized carbons (Fsp3) is 0.619. The maximum absolute atomic E-state index is 12.7. The van der Waals surface area contributed by atoms with Crippen molar-refractivity contribution in [3.63, 3.8) is 0 Å². The van der Waals surface area contributed by atoms with Crippen LogP contribution >= 0.6 is 0 Å². The first-order valence-corrected chi connectivity index (χ1v) is 10.0. The van der Waals surface area contributed by atoms with Crippen LogP contribution in [0.2, 0.25) is 0 Å². The van der Waals surface area contributed by atoms with Gasteiger partial charge in [0.15, 0.2) is 0 Å². The summed E-state index contributed by atoms with van der Waals surface area (Å²) in [5.41, 5.74) is 2.68. The number of hydrogen-bond acceptors (Lipinski definition) is 5. The van der Waals surface area contributed by atoms with Crippen molar-refractivity contribution in [1.82, 2.24) is 29.5 Å². The molecule has 2 aliphatic rings. The molecule has 1 spiro atoms. The van der Waals surface area contributed by atoms with Crippen LogP contribution in [0.1, 0.15) is 61.1 Å². The summed E-state index contributed by atoms with van der Waals surface area (Å²) in [6.07, 6.45) is 7.77. The first kappa shape index (κ1) is 19.1. The van der Waals surface area contributed by atoms with E-state index in [4.69, 9.17) is 4.98 Å². The molecule has 0 saturated carbocycles. The van der Waals surface area contributed by atoms with Gasteiger partial charge in [-0.1, -0.05) is 20.8 Å². The lowest BCUT2D eigenvalue weighted by Gasteiger charge is -2.46. The predicted molar refractivity (Wildman–Crippen MR) is 107 cm³/mol. The number of piperidine rings is 1. The minimum atomic E-state index is -0.135. The average Bonchev–Trinajstić information content (AvgIpc) is 3.05. The van der Waals surface area contributed by atoms with Gasteiger partial charge < -0.3 is 4.90 Å². The number of nitrogens with zero attached hydrogens (tertiary/aromatic N) is 6. The largest absolute Gasteiger partial charge is 0.341 e. The molecule has 4 heterocycles. The van der Waals surface area contributed by atoms with E-state index in [0.29, 0.717) is 5.56 Å². The molecule has 150 valence electrons. The Morgan fingerprint density at radius 1 is 1.14 bits per heavy atom. The maximum atomic E-state index is 12.7. The zero-order valence-corrected chi connectivity index (χ0v) is 17.6. The van der Waals surface area contributed by atoms with E-state index in [1.807, 2.05) is 29.9 Å². The number of hydrogen-bond donors (Lipinski definition) is 0. The SMILES string of the molecule is CN1CC2(CCN(Cc3cnn(C)c3)CC2)c2nc(C(C)(C)C)ncc2C1=O. The standard InChI is InChI=1S/C21H30N6O/c1-20(2,3)19-22-11-16-17(24-19)21(14-25(4)18(16)28)6-8-27(9-7-21)13-15-10-23-26(5)12-15/h10-12H,6-9,13-14H2,1-5H3. The van der Waals surface area contributed by atoms with Gasteiger partial charge in [-0.2, -0.15) is 5.10 Å². The van der Waals surface area contributed by atoms with Crippen LogP contribution in [0.15, 0.2) is 18.6 Å². The van der Waals surface area contributed by atoms with Gasteiger partial charge in [-0.3, -0.25) is 14.4 Å². The number of amides is 1. The van der Waals surface area contributed by atoms with Crippen LogP contribution < -0.4 is 0 Å². The van der Waals surface area contributed by atoms with Crippen LogP contribution in [0.5, 0.6) is 0 Å². The molecule has 2 aromatic rings. The second kappa shape index (κ2) is 6.65. The third-order valence-electron chi connectivity index (χ3n) is 6.06. The second-order valence-electron chi connectivity index (χ2n) is 9.45. The summed E-state index contributed by atoms with van der Waals surface area (Å²) in [4.78, 5) is 26.5. The lowest BCUT2D eigenvalue weighted by Crippen LogP contribution is -2.54. The number of aryl methyl sites for hydroxylation is 1. The monoisotopic (exact) mass is 382 g/mol. The fourth-order valence-electron chi connectivity index (χ4n) is 4.46. The van der Waals surface area contributed by atoms with E-state index in [2.05, 4.69) is 42.0 Å². The molecule has 28 heavy (non-hydrogen) atoms. The number of likely N-dealkylation sites (tertiary alicyclic amines) is 1. The Kier molecular flexibility index (Phi) is 4.53. The topological polar surface area (TPSA) is 67.2 Å². The zero-order chi connectivity index (χ0) is 20.1. The van der Waals surface area contributed by atoms with Crippen LogP contribution in [0.25, 0.3) is 0 Å². The van der Waals surface area contributed by atoms with Gasteiger partial charge in [0.2, 0.25) is 0 Å². The molecule has 2 aromatic heterocycles. The molecule has 0 unspecified atom stereocenters. The zero-order valence-electron chi connectivity index (χ0n) is 17.6. The molecule has 4 rings (SSSR count). The van der Waals surface area contributed by atoms with Crippen molar-refractivity contribution in [1.29, 1.82) is 0 Å². The highest BCUT2D eigenvalue weighted by Crippen LogP contribution is 2.41. The summed E-state index contributed by atoms with van der Waals surface area (Å²) in [7, 11) is 3.85. The lowest BCUT2D eigenvalue weighted by molar-refractivity contribution is 0.0622. The van der Waals surface area contributed by atoms with Crippen LogP contribution in [-0.2, 0) is 24.4 Å². The van der Waals surface area contributed by atoms with Gasteiger partial charge >= 0.3 is 0 Å². The normalized spacial score (nSPS) is 19.9. The molecule has 7 heteroatoms. The van der Waals surface area contributed by atoms with E-state index in [1.165, 1.54) is 5.56 Å². The fourth-order valence-corrected chi connectivity index (χ4v) is 4.46. The van der Waals surface area contributed by atoms with E-state index >= 15 is 0 Å². The van der Waals surface area contributed by atoms with Gasteiger partial charge in [0.05, 0.1) is 17.5 Å². The quantitative estimate of drug-likeness (QED) is 0.796. The number of aromatic nitrogens is 4. The first-order valence-electron chi connectivity index (χ1n) is 10.0. The van der Waals surface area contributed by atoms with E-state index in [1.54, 1.807) is 6.20 Å². The summed E-state index contributed by atoms with van der Waals surface area (Å²) in [6, 6.07) is 0. The number of rotatable bonds is 2. The van der Waals surface area contributed by atoms with Gasteiger partial charge in [-0.05, 0) is 25.9 Å². The highest BCUT2D eigenvalue weighted by atomic mass is 16.2. The maximum Gasteiger partial charge on any atom is 0.257 e. The van der Waals surface area contributed by atoms with Gasteiger partial charge in [-0.15, -0.1) is 0 Å². The minimum absolute atomic E-state index is 0.0406. The number of likely N-dealkylation sites (N-methyl/N-ethyl adjacent to an activating group) is 1. The Morgan fingerprint density at radius 2 is 1.86 bits per heavy atom. The van der Waals surface area contributed by atoms with Crippen molar-refractivity contribution in [3.05, 3.63) is 41.2 Å². The molecule has 0 N–H and O–H groups in total. The predicted octanol–water partition coefficient (Wildman–Crippen LogP) is 2.13. The summed E-state index contributed by atoms with van der Waals surface area (Å²) >= 11 is 0. The van der Waals surface area contributed by atoms with Crippen molar-refractivity contribution >= 4 is 5.91 Å². The van der Waals surface area contributed by atoms with E-state index in [-0.39, 0.29) is 16.7 Å². The van der Waals surface area contributed by atoms with E-state index < -0.39 is 0 Å². The molecule has 0 atom stereocenters. The van der Waals surface area contributed by atoms with Gasteiger partial charge in [0.25, 0.3) is 5.91 Å². The Hall–Kier alpha value is -2.28. The van der Waals surface area contributed by atoms with Crippen molar-refractivity contribution in [2.75, 3.05) is 26.7 Å². The molecule has 1 saturated heterocycles. The highest BCUT2D eigenvalue weighted by Gasteiger charge is 2.46. The first-order chi connectivity index (χ1) is 13.2. The van der Waals surface area contributed by atoms with Crippen molar-refractivity contribution in [2.24, 2.45) is 7.05 Å². The Labute approximate surface area is 166 Å². The van der Waals surface area contributed by atoms with E-state index in [0.717, 1.165) is 50.5 Å². The third-order valence-corrected chi connectivity index (χ3v) is 6.06. The number of fused-ring (bicyclic) bond motifs is 2. The minimum Gasteiger partial charge on any atom is -0.341 e. The molecular weight excluding hydrogens is 352 g/mol. The summed E-state index contributed by atoms with van der Waals surface area (Å²) in [5.74, 6) is 0.861. The van der Waals surface area contributed by atoms with Crippen molar-refractivity contribution in [3.8, 4) is 0 Å². The third kappa shape index (κ3) is 3.32. The lowest BCUT2D eigenvalue weighted by atomic mass is 9.71. The van der Waals surface area contributed by atoms with Gasteiger partial charge in [0, 0.05) is 56.0 Å². The molecule has 0 radical (unpaired) electrons. The van der Waals surface area contributed by atoms with Crippen LogP contribution in [0, 0.1) is 0 Å². The highest BCUT2D eigenvalue weighted by molar-refractivity contribution is 5.96. The van der Waals surface area contributed by atoms with Crippen LogP contribution in [0.4, 0.5) is 0 Å². The summed E-state index contributed by atoms with van der Waals surface area (Å²) < 4.78 is 1.85. The second-order valence-corrected chi connectivity index (χ2v) is 9.45. The van der Waals surface area contributed by atoms with Crippen molar-refractivity contribution in [2.45, 2.75) is 51.0 Å². The van der Waals surface area contributed by atoms with Crippen LogP contribution in [-0.4, -0.2) is 62.1 Å². The van der Waals surface area contributed by atoms with Crippen molar-refractivity contribution < 1.29 is 4.79 Å². The molecule has 0 bridgehead atoms. The molecule has 1 amide bonds. The smallest absolute Gasteiger partial charge is 0.257 e. The molecular formula is C21H30N6O. The molecule has 2 aliphatic heterocycles. The Balaban J connectivity index is 1.61. The Bertz CT molecular complexity index is 889. The molecule has 0 aliphatic carbocycles. The number of carbonyl (C=O) groups excluding carboxylic acids is 1. The Morgan fingerprint density at radius 3 is 2.46 bits per heavy atom. The molecule has 7 nitrogen and oxygen atoms in total. The van der Waals surface area contributed by atoms with Gasteiger partial charge in [-0.25, -0.2) is 9.97 Å². The summed E-state index contributed by atoms with van der Waals surface area (Å²) in [6.45, 7) is 10.00. The number of carbonyl (C=O) groups is 1. The average molecular weight is 383 g/mol. The van der Waals surface area contributed by atoms with E-state index in [9.17, 15) is 4.79 Å². The van der Waals surface area contributed by atoms with Gasteiger partial charge in [0.1, 0.15) is 5.82 Å². The molecule has 0 aromatic carbocycles. The molecule has 1 fully saturated rings. The van der Waals surface area contributed by atoms with Crippen LogP contribution in [0.3, 0.4) is 0 Å².